The highest BCUT2D eigenvalue weighted by molar-refractivity contribution is 7.80. The molecule has 1 amide bonds. The lowest BCUT2D eigenvalue weighted by molar-refractivity contribution is -0.129. The molecule has 0 saturated heterocycles. The molecular formula is C14H20FN3OS. The summed E-state index contributed by atoms with van der Waals surface area (Å²) in [6, 6.07) is 6.50. The minimum atomic E-state index is -0.288. The van der Waals surface area contributed by atoms with Crippen LogP contribution in [-0.2, 0) is 4.79 Å². The zero-order valence-corrected chi connectivity index (χ0v) is 12.6. The molecule has 1 rings (SSSR count). The van der Waals surface area contributed by atoms with Crippen molar-refractivity contribution in [3.8, 4) is 0 Å². The van der Waals surface area contributed by atoms with Gasteiger partial charge in [0.2, 0.25) is 5.91 Å². The van der Waals surface area contributed by atoms with Crippen LogP contribution in [0.3, 0.4) is 0 Å². The number of benzene rings is 1. The van der Waals surface area contributed by atoms with Gasteiger partial charge < -0.3 is 15.5 Å². The minimum Gasteiger partial charge on any atom is -0.393 e. The summed E-state index contributed by atoms with van der Waals surface area (Å²) >= 11 is 4.77. The molecule has 0 aliphatic carbocycles. The van der Waals surface area contributed by atoms with Crippen molar-refractivity contribution < 1.29 is 9.18 Å². The zero-order chi connectivity index (χ0) is 15.1. The van der Waals surface area contributed by atoms with Crippen LogP contribution < -0.4 is 10.6 Å². The fourth-order valence-corrected chi connectivity index (χ4v) is 1.83. The van der Waals surface area contributed by atoms with Crippen molar-refractivity contribution in [2.24, 2.45) is 5.73 Å². The first kappa shape index (κ1) is 16.4. The second-order valence-electron chi connectivity index (χ2n) is 4.65. The predicted octanol–water partition coefficient (Wildman–Crippen LogP) is 1.79. The lowest BCUT2D eigenvalue weighted by atomic mass is 10.2. The molecule has 110 valence electrons. The molecule has 1 aromatic rings. The summed E-state index contributed by atoms with van der Waals surface area (Å²) in [6.45, 7) is 0.967. The van der Waals surface area contributed by atoms with E-state index in [1.165, 1.54) is 6.07 Å². The highest BCUT2D eigenvalue weighted by Gasteiger charge is 2.12. The number of nitrogens with zero attached hydrogens (tertiary/aromatic N) is 2. The topological polar surface area (TPSA) is 49.6 Å². The smallest absolute Gasteiger partial charge is 0.224 e. The molecule has 0 atom stereocenters. The van der Waals surface area contributed by atoms with Crippen LogP contribution in [0, 0.1) is 5.82 Å². The van der Waals surface area contributed by atoms with Gasteiger partial charge in [-0.1, -0.05) is 24.4 Å². The Balaban J connectivity index is 2.44. The number of para-hydroxylation sites is 1. The van der Waals surface area contributed by atoms with Gasteiger partial charge in [-0.15, -0.1) is 0 Å². The maximum Gasteiger partial charge on any atom is 0.224 e. The number of hydrogen-bond acceptors (Lipinski definition) is 3. The average Bonchev–Trinajstić information content (AvgIpc) is 2.42. The van der Waals surface area contributed by atoms with Crippen LogP contribution in [0.15, 0.2) is 24.3 Å². The van der Waals surface area contributed by atoms with Gasteiger partial charge in [-0.05, 0) is 12.1 Å². The summed E-state index contributed by atoms with van der Waals surface area (Å²) in [7, 11) is 3.48. The van der Waals surface area contributed by atoms with Crippen LogP contribution >= 0.6 is 12.2 Å². The molecule has 0 unspecified atom stereocenters. The van der Waals surface area contributed by atoms with E-state index < -0.39 is 0 Å². The SMILES string of the molecule is CN(CCC(N)=S)C(=O)CCN(C)c1ccccc1F. The van der Waals surface area contributed by atoms with Crippen LogP contribution in [0.1, 0.15) is 12.8 Å². The van der Waals surface area contributed by atoms with E-state index >= 15 is 0 Å². The van der Waals surface area contributed by atoms with Gasteiger partial charge in [-0.2, -0.15) is 0 Å². The molecule has 20 heavy (non-hydrogen) atoms. The van der Waals surface area contributed by atoms with Gasteiger partial charge in [-0.3, -0.25) is 4.79 Å². The zero-order valence-electron chi connectivity index (χ0n) is 11.8. The Labute approximate surface area is 124 Å². The number of carbonyl (C=O) groups is 1. The highest BCUT2D eigenvalue weighted by Crippen LogP contribution is 2.17. The first-order valence-electron chi connectivity index (χ1n) is 6.39. The Morgan fingerprint density at radius 1 is 1.25 bits per heavy atom. The van der Waals surface area contributed by atoms with Crippen molar-refractivity contribution in [3.63, 3.8) is 0 Å². The van der Waals surface area contributed by atoms with E-state index in [-0.39, 0.29) is 11.7 Å². The highest BCUT2D eigenvalue weighted by atomic mass is 32.1. The van der Waals surface area contributed by atoms with E-state index in [0.29, 0.717) is 36.6 Å². The van der Waals surface area contributed by atoms with Crippen LogP contribution in [0.2, 0.25) is 0 Å². The molecule has 1 aromatic carbocycles. The Kier molecular flexibility index (Phi) is 6.38. The standard InChI is InChI=1S/C14H20FN3OS/c1-17(12-6-4-3-5-11(12)15)10-8-14(19)18(2)9-7-13(16)20/h3-6H,7-10H2,1-2H3,(H2,16,20). The third-order valence-electron chi connectivity index (χ3n) is 3.04. The molecule has 6 heteroatoms. The van der Waals surface area contributed by atoms with Crippen molar-refractivity contribution in [3.05, 3.63) is 30.1 Å². The summed E-state index contributed by atoms with van der Waals surface area (Å²) in [5.74, 6) is -0.297. The van der Waals surface area contributed by atoms with Crippen molar-refractivity contribution in [2.75, 3.05) is 32.1 Å². The lowest BCUT2D eigenvalue weighted by Gasteiger charge is -2.22. The van der Waals surface area contributed by atoms with E-state index in [0.717, 1.165) is 0 Å². The van der Waals surface area contributed by atoms with Gasteiger partial charge in [-0.25, -0.2) is 4.39 Å². The van der Waals surface area contributed by atoms with Crippen LogP contribution in [-0.4, -0.2) is 43.0 Å². The van der Waals surface area contributed by atoms with Gasteiger partial charge in [0, 0.05) is 40.0 Å². The normalized spacial score (nSPS) is 10.2. The van der Waals surface area contributed by atoms with Crippen LogP contribution in [0.25, 0.3) is 0 Å². The Morgan fingerprint density at radius 3 is 2.50 bits per heavy atom. The molecular weight excluding hydrogens is 277 g/mol. The fourth-order valence-electron chi connectivity index (χ4n) is 1.74. The number of hydrogen-bond donors (Lipinski definition) is 1. The van der Waals surface area contributed by atoms with Crippen LogP contribution in [0.4, 0.5) is 10.1 Å². The largest absolute Gasteiger partial charge is 0.393 e. The molecule has 0 heterocycles. The van der Waals surface area contributed by atoms with E-state index in [4.69, 9.17) is 18.0 Å². The number of anilines is 1. The molecule has 0 saturated carbocycles. The number of amides is 1. The lowest BCUT2D eigenvalue weighted by Crippen LogP contribution is -2.33. The minimum absolute atomic E-state index is 0.00978. The second-order valence-corrected chi connectivity index (χ2v) is 5.18. The Bertz CT molecular complexity index is 481. The third-order valence-corrected chi connectivity index (χ3v) is 3.25. The van der Waals surface area contributed by atoms with Gasteiger partial charge in [0.1, 0.15) is 5.82 Å². The summed E-state index contributed by atoms with van der Waals surface area (Å²) in [5.41, 5.74) is 5.89. The number of carbonyl (C=O) groups excluding carboxylic acids is 1. The molecule has 0 spiro atoms. The number of nitrogens with two attached hydrogens (primary N) is 1. The maximum absolute atomic E-state index is 13.6. The van der Waals surface area contributed by atoms with Crippen LogP contribution in [0.5, 0.6) is 0 Å². The molecule has 0 fully saturated rings. The Morgan fingerprint density at radius 2 is 1.90 bits per heavy atom. The predicted molar refractivity (Wildman–Crippen MR) is 83.3 cm³/mol. The van der Waals surface area contributed by atoms with Gasteiger partial charge in [0.15, 0.2) is 0 Å². The van der Waals surface area contributed by atoms with E-state index in [1.807, 2.05) is 0 Å². The summed E-state index contributed by atoms with van der Waals surface area (Å²) in [5, 5.41) is 0. The molecule has 4 nitrogen and oxygen atoms in total. The first-order chi connectivity index (χ1) is 9.41. The summed E-state index contributed by atoms with van der Waals surface area (Å²) in [6.07, 6.45) is 0.833. The van der Waals surface area contributed by atoms with Gasteiger partial charge in [0.25, 0.3) is 0 Å². The molecule has 0 aliphatic rings. The second kappa shape index (κ2) is 7.79. The monoisotopic (exact) mass is 297 g/mol. The fraction of sp³-hybridized carbons (Fsp3) is 0.429. The molecule has 2 N–H and O–H groups in total. The number of thiocarbonyl (C=S) groups is 1. The Hall–Kier alpha value is -1.69. The van der Waals surface area contributed by atoms with E-state index in [9.17, 15) is 9.18 Å². The van der Waals surface area contributed by atoms with Crippen molar-refractivity contribution >= 4 is 28.8 Å². The van der Waals surface area contributed by atoms with E-state index in [2.05, 4.69) is 0 Å². The summed E-state index contributed by atoms with van der Waals surface area (Å²) in [4.78, 5) is 15.6. The van der Waals surface area contributed by atoms with Gasteiger partial charge in [0.05, 0.1) is 10.7 Å². The molecule has 0 radical (unpaired) electrons. The summed E-state index contributed by atoms with van der Waals surface area (Å²) < 4.78 is 13.6. The third kappa shape index (κ3) is 5.13. The van der Waals surface area contributed by atoms with Crippen molar-refractivity contribution in [1.29, 1.82) is 0 Å². The number of halogens is 1. The quantitative estimate of drug-likeness (QED) is 0.780. The first-order valence-corrected chi connectivity index (χ1v) is 6.80. The molecule has 0 aromatic heterocycles. The molecule has 0 bridgehead atoms. The molecule has 0 aliphatic heterocycles. The van der Waals surface area contributed by atoms with Crippen molar-refractivity contribution in [1.82, 2.24) is 4.90 Å². The van der Waals surface area contributed by atoms with Gasteiger partial charge >= 0.3 is 0 Å². The average molecular weight is 297 g/mol. The number of rotatable bonds is 7. The maximum atomic E-state index is 13.6. The van der Waals surface area contributed by atoms with E-state index in [1.54, 1.807) is 42.1 Å². The van der Waals surface area contributed by atoms with Crippen molar-refractivity contribution in [2.45, 2.75) is 12.8 Å².